The smallest absolute Gasteiger partial charge is 0.254 e. The number of hydrogen-bond acceptors (Lipinski definition) is 2. The minimum atomic E-state index is -0.409. The first-order valence-electron chi connectivity index (χ1n) is 5.75. The summed E-state index contributed by atoms with van der Waals surface area (Å²) in [6, 6.07) is 4.27. The van der Waals surface area contributed by atoms with Crippen LogP contribution in [-0.2, 0) is 0 Å². The Kier molecular flexibility index (Phi) is 5.10. The summed E-state index contributed by atoms with van der Waals surface area (Å²) in [5, 5.41) is 8.90. The Bertz CT molecular complexity index is 367. The highest BCUT2D eigenvalue weighted by molar-refractivity contribution is 5.94. The van der Waals surface area contributed by atoms with Gasteiger partial charge in [-0.05, 0) is 37.1 Å². The summed E-state index contributed by atoms with van der Waals surface area (Å²) < 4.78 is 13.2. The Balaban J connectivity index is 2.92. The Morgan fingerprint density at radius 1 is 1.35 bits per heavy atom. The molecule has 0 spiro atoms. The van der Waals surface area contributed by atoms with Gasteiger partial charge in [0.15, 0.2) is 0 Å². The van der Waals surface area contributed by atoms with E-state index in [4.69, 9.17) is 5.11 Å². The van der Waals surface area contributed by atoms with Gasteiger partial charge in [0.2, 0.25) is 0 Å². The average molecular weight is 239 g/mol. The molecule has 0 radical (unpaired) electrons. The van der Waals surface area contributed by atoms with Crippen LogP contribution in [0.1, 0.15) is 29.3 Å². The van der Waals surface area contributed by atoms with Crippen LogP contribution in [0.5, 0.6) is 0 Å². The first-order valence-corrected chi connectivity index (χ1v) is 5.75. The molecule has 17 heavy (non-hydrogen) atoms. The van der Waals surface area contributed by atoms with Crippen molar-refractivity contribution in [1.29, 1.82) is 0 Å². The lowest BCUT2D eigenvalue weighted by atomic mass is 10.1. The third kappa shape index (κ3) is 3.82. The monoisotopic (exact) mass is 239 g/mol. The van der Waals surface area contributed by atoms with Crippen LogP contribution >= 0.6 is 0 Å². The molecule has 3 nitrogen and oxygen atoms in total. The predicted octanol–water partition coefficient (Wildman–Crippen LogP) is 1.98. The van der Waals surface area contributed by atoms with E-state index >= 15 is 0 Å². The number of nitrogens with zero attached hydrogens (tertiary/aromatic N) is 1. The molecular weight excluding hydrogens is 221 g/mol. The van der Waals surface area contributed by atoms with Gasteiger partial charge >= 0.3 is 0 Å². The van der Waals surface area contributed by atoms with Crippen molar-refractivity contribution in [3.63, 3.8) is 0 Å². The summed E-state index contributed by atoms with van der Waals surface area (Å²) in [5.41, 5.74) is 1.05. The number of hydrogen-bond donors (Lipinski definition) is 1. The molecule has 1 aromatic carbocycles. The Labute approximate surface area is 101 Å². The molecule has 4 heteroatoms. The Hall–Kier alpha value is -1.42. The fourth-order valence-corrected chi connectivity index (χ4v) is 1.75. The number of rotatable bonds is 5. The second kappa shape index (κ2) is 6.35. The number of aryl methyl sites for hydroxylation is 1. The summed E-state index contributed by atoms with van der Waals surface area (Å²) in [5.74, 6) is -0.641. The molecule has 0 heterocycles. The highest BCUT2D eigenvalue weighted by Crippen LogP contribution is 2.11. The first kappa shape index (κ1) is 13.6. The summed E-state index contributed by atoms with van der Waals surface area (Å²) >= 11 is 0. The molecule has 0 bridgehead atoms. The first-order chi connectivity index (χ1) is 8.08. The number of halogens is 1. The van der Waals surface area contributed by atoms with Crippen LogP contribution in [0.25, 0.3) is 0 Å². The molecule has 0 aromatic heterocycles. The van der Waals surface area contributed by atoms with E-state index in [0.29, 0.717) is 17.7 Å². The number of carbonyl (C=O) groups is 1. The zero-order valence-corrected chi connectivity index (χ0v) is 10.2. The van der Waals surface area contributed by atoms with Crippen molar-refractivity contribution in [1.82, 2.24) is 4.90 Å². The third-order valence-electron chi connectivity index (χ3n) is 2.44. The SMILES string of the molecule is CCCN(CCO)C(=O)c1cc(C)cc(F)c1. The van der Waals surface area contributed by atoms with Crippen LogP contribution in [-0.4, -0.2) is 35.6 Å². The zero-order chi connectivity index (χ0) is 12.8. The maximum Gasteiger partial charge on any atom is 0.254 e. The van der Waals surface area contributed by atoms with Crippen molar-refractivity contribution in [2.45, 2.75) is 20.3 Å². The fourth-order valence-electron chi connectivity index (χ4n) is 1.75. The summed E-state index contributed by atoms with van der Waals surface area (Å²) in [7, 11) is 0. The van der Waals surface area contributed by atoms with Gasteiger partial charge in [-0.3, -0.25) is 4.79 Å². The van der Waals surface area contributed by atoms with Gasteiger partial charge in [-0.1, -0.05) is 6.92 Å². The molecule has 0 unspecified atom stereocenters. The van der Waals surface area contributed by atoms with E-state index in [9.17, 15) is 9.18 Å². The lowest BCUT2D eigenvalue weighted by Gasteiger charge is -2.21. The molecule has 0 atom stereocenters. The lowest BCUT2D eigenvalue weighted by molar-refractivity contribution is 0.0721. The van der Waals surface area contributed by atoms with Gasteiger partial charge in [0.1, 0.15) is 5.82 Å². The largest absolute Gasteiger partial charge is 0.395 e. The number of carbonyl (C=O) groups excluding carboxylic acids is 1. The molecule has 1 aromatic rings. The molecule has 0 aliphatic carbocycles. The van der Waals surface area contributed by atoms with Crippen LogP contribution in [0.2, 0.25) is 0 Å². The molecule has 1 N–H and O–H groups in total. The molecule has 0 saturated carbocycles. The summed E-state index contributed by atoms with van der Waals surface area (Å²) in [6.07, 6.45) is 0.806. The molecule has 0 aliphatic heterocycles. The molecule has 1 amide bonds. The van der Waals surface area contributed by atoms with E-state index in [0.717, 1.165) is 6.42 Å². The van der Waals surface area contributed by atoms with Crippen molar-refractivity contribution in [3.8, 4) is 0 Å². The topological polar surface area (TPSA) is 40.5 Å². The Morgan fingerprint density at radius 3 is 2.59 bits per heavy atom. The van der Waals surface area contributed by atoms with Crippen LogP contribution in [0.3, 0.4) is 0 Å². The second-order valence-electron chi connectivity index (χ2n) is 4.03. The molecule has 0 saturated heterocycles. The van der Waals surface area contributed by atoms with Crippen molar-refractivity contribution in [3.05, 3.63) is 35.1 Å². The minimum Gasteiger partial charge on any atom is -0.395 e. The van der Waals surface area contributed by atoms with Gasteiger partial charge < -0.3 is 10.0 Å². The van der Waals surface area contributed by atoms with Crippen molar-refractivity contribution >= 4 is 5.91 Å². The molecule has 94 valence electrons. The predicted molar refractivity (Wildman–Crippen MR) is 64.4 cm³/mol. The maximum absolute atomic E-state index is 13.2. The fraction of sp³-hybridized carbons (Fsp3) is 0.462. The van der Waals surface area contributed by atoms with Gasteiger partial charge in [-0.25, -0.2) is 4.39 Å². The van der Waals surface area contributed by atoms with Crippen LogP contribution in [0, 0.1) is 12.7 Å². The number of aliphatic hydroxyl groups is 1. The molecule has 0 aliphatic rings. The average Bonchev–Trinajstić information content (AvgIpc) is 2.26. The van der Waals surface area contributed by atoms with Gasteiger partial charge in [0.05, 0.1) is 6.61 Å². The van der Waals surface area contributed by atoms with Crippen molar-refractivity contribution in [2.75, 3.05) is 19.7 Å². The van der Waals surface area contributed by atoms with Gasteiger partial charge in [0, 0.05) is 18.7 Å². The standard InChI is InChI=1S/C13H18FNO2/c1-3-4-15(5-6-16)13(17)11-7-10(2)8-12(14)9-11/h7-9,16H,3-6H2,1-2H3. The molecule has 0 fully saturated rings. The second-order valence-corrected chi connectivity index (χ2v) is 4.03. The van der Waals surface area contributed by atoms with E-state index in [-0.39, 0.29) is 19.1 Å². The van der Waals surface area contributed by atoms with Gasteiger partial charge in [0.25, 0.3) is 5.91 Å². The quantitative estimate of drug-likeness (QED) is 0.853. The molecule has 1 rings (SSSR count). The van der Waals surface area contributed by atoms with E-state index in [1.807, 2.05) is 6.92 Å². The molecular formula is C13H18FNO2. The zero-order valence-electron chi connectivity index (χ0n) is 10.2. The third-order valence-corrected chi connectivity index (χ3v) is 2.44. The number of aliphatic hydroxyl groups excluding tert-OH is 1. The van der Waals surface area contributed by atoms with Crippen LogP contribution in [0.4, 0.5) is 4.39 Å². The van der Waals surface area contributed by atoms with Crippen LogP contribution in [0.15, 0.2) is 18.2 Å². The normalized spacial score (nSPS) is 10.4. The lowest BCUT2D eigenvalue weighted by Crippen LogP contribution is -2.34. The van der Waals surface area contributed by atoms with E-state index in [1.54, 1.807) is 13.0 Å². The van der Waals surface area contributed by atoms with E-state index in [2.05, 4.69) is 0 Å². The number of benzene rings is 1. The van der Waals surface area contributed by atoms with Crippen molar-refractivity contribution in [2.24, 2.45) is 0 Å². The maximum atomic E-state index is 13.2. The van der Waals surface area contributed by atoms with Gasteiger partial charge in [-0.2, -0.15) is 0 Å². The highest BCUT2D eigenvalue weighted by atomic mass is 19.1. The number of amides is 1. The van der Waals surface area contributed by atoms with Gasteiger partial charge in [-0.15, -0.1) is 0 Å². The van der Waals surface area contributed by atoms with Crippen LogP contribution < -0.4 is 0 Å². The summed E-state index contributed by atoms with van der Waals surface area (Å²) in [6.45, 7) is 4.46. The van der Waals surface area contributed by atoms with E-state index in [1.165, 1.54) is 17.0 Å². The van der Waals surface area contributed by atoms with E-state index < -0.39 is 5.82 Å². The highest BCUT2D eigenvalue weighted by Gasteiger charge is 2.15. The minimum absolute atomic E-state index is 0.0833. The van der Waals surface area contributed by atoms with Crippen molar-refractivity contribution < 1.29 is 14.3 Å². The summed E-state index contributed by atoms with van der Waals surface area (Å²) in [4.78, 5) is 13.6. The Morgan fingerprint density at radius 2 is 2.06 bits per heavy atom.